The van der Waals surface area contributed by atoms with E-state index in [1.807, 2.05) is 0 Å². The largest absolute Gasteiger partial charge is 0.416 e. The first-order valence-corrected chi connectivity index (χ1v) is 7.04. The molecule has 0 aliphatic carbocycles. The summed E-state index contributed by atoms with van der Waals surface area (Å²) in [6.45, 7) is 1.30. The van der Waals surface area contributed by atoms with Crippen LogP contribution in [0.2, 0.25) is 0 Å². The molecule has 1 aliphatic heterocycles. The third-order valence-corrected chi connectivity index (χ3v) is 3.72. The van der Waals surface area contributed by atoms with Crippen molar-refractivity contribution in [1.29, 1.82) is 0 Å². The summed E-state index contributed by atoms with van der Waals surface area (Å²) < 4.78 is 42.7. The molecule has 0 aromatic heterocycles. The van der Waals surface area contributed by atoms with Crippen LogP contribution in [0.4, 0.5) is 13.2 Å². The van der Waals surface area contributed by atoms with Gasteiger partial charge in [0.2, 0.25) is 5.91 Å². The molecule has 0 spiro atoms. The molecule has 1 heterocycles. The average Bonchev–Trinajstić information content (AvgIpc) is 2.46. The van der Waals surface area contributed by atoms with Crippen LogP contribution >= 0.6 is 11.6 Å². The molecule has 1 atom stereocenters. The molecular weight excluding hydrogens is 307 g/mol. The van der Waals surface area contributed by atoms with Crippen molar-refractivity contribution in [3.8, 4) is 0 Å². The number of carbonyl (C=O) groups is 1. The van der Waals surface area contributed by atoms with E-state index in [-0.39, 0.29) is 24.2 Å². The molecule has 1 aliphatic rings. The first-order chi connectivity index (χ1) is 9.91. The lowest BCUT2D eigenvalue weighted by molar-refractivity contribution is -0.138. The Hall–Kier alpha value is -1.27. The summed E-state index contributed by atoms with van der Waals surface area (Å²) in [6, 6.07) is 4.46. The second-order valence-electron chi connectivity index (χ2n) is 4.84. The predicted octanol–water partition coefficient (Wildman–Crippen LogP) is 2.71. The quantitative estimate of drug-likeness (QED) is 0.801. The highest BCUT2D eigenvalue weighted by molar-refractivity contribution is 6.18. The van der Waals surface area contributed by atoms with Crippen LogP contribution in [0.5, 0.6) is 0 Å². The van der Waals surface area contributed by atoms with Gasteiger partial charge in [-0.25, -0.2) is 0 Å². The molecule has 116 valence electrons. The van der Waals surface area contributed by atoms with Crippen molar-refractivity contribution >= 4 is 17.5 Å². The van der Waals surface area contributed by atoms with Gasteiger partial charge in [-0.1, -0.05) is 12.1 Å². The van der Waals surface area contributed by atoms with Gasteiger partial charge in [0, 0.05) is 12.4 Å². The minimum Gasteiger partial charge on any atom is -0.377 e. The molecule has 0 N–H and O–H groups in total. The molecule has 21 heavy (non-hydrogen) atoms. The Morgan fingerprint density at radius 1 is 1.33 bits per heavy atom. The number of rotatable bonds is 3. The van der Waals surface area contributed by atoms with Crippen LogP contribution in [0.1, 0.15) is 11.1 Å². The Labute approximate surface area is 125 Å². The fraction of sp³-hybridized carbons (Fsp3) is 0.500. The Morgan fingerprint density at radius 3 is 2.57 bits per heavy atom. The van der Waals surface area contributed by atoms with Gasteiger partial charge in [-0.05, 0) is 17.7 Å². The number of alkyl halides is 4. The van der Waals surface area contributed by atoms with Crippen molar-refractivity contribution in [2.24, 2.45) is 0 Å². The lowest BCUT2D eigenvalue weighted by Gasteiger charge is -2.34. The van der Waals surface area contributed by atoms with Gasteiger partial charge in [0.05, 0.1) is 31.2 Å². The summed E-state index contributed by atoms with van der Waals surface area (Å²) in [5, 5.41) is 0. The smallest absolute Gasteiger partial charge is 0.377 e. The number of nitrogens with zero attached hydrogens (tertiary/aromatic N) is 1. The summed E-state index contributed by atoms with van der Waals surface area (Å²) in [6.07, 6.45) is -4.30. The van der Waals surface area contributed by atoms with E-state index in [2.05, 4.69) is 0 Å². The summed E-state index contributed by atoms with van der Waals surface area (Å²) in [7, 11) is 0. The monoisotopic (exact) mass is 321 g/mol. The van der Waals surface area contributed by atoms with Gasteiger partial charge >= 0.3 is 6.18 Å². The van der Waals surface area contributed by atoms with Gasteiger partial charge in [-0.2, -0.15) is 13.2 Å². The average molecular weight is 322 g/mol. The maximum atomic E-state index is 12.5. The van der Waals surface area contributed by atoms with Crippen molar-refractivity contribution < 1.29 is 22.7 Å². The summed E-state index contributed by atoms with van der Waals surface area (Å²) in [4.78, 5) is 13.8. The maximum absolute atomic E-state index is 12.5. The van der Waals surface area contributed by atoms with Crippen molar-refractivity contribution in [1.82, 2.24) is 4.90 Å². The molecule has 0 radical (unpaired) electrons. The Kier molecular flexibility index (Phi) is 5.11. The van der Waals surface area contributed by atoms with Crippen LogP contribution in [-0.2, 0) is 22.1 Å². The third kappa shape index (κ3) is 4.11. The summed E-state index contributed by atoms with van der Waals surface area (Å²) in [5.41, 5.74) is -0.170. The molecule has 0 saturated carbocycles. The number of ether oxygens (including phenoxy) is 1. The van der Waals surface area contributed by atoms with E-state index in [4.69, 9.17) is 16.3 Å². The van der Waals surface area contributed by atoms with E-state index in [9.17, 15) is 18.0 Å². The van der Waals surface area contributed by atoms with E-state index in [1.54, 1.807) is 4.90 Å². The van der Waals surface area contributed by atoms with Crippen molar-refractivity contribution in [2.75, 3.05) is 25.6 Å². The minimum absolute atomic E-state index is 0.0610. The Bertz CT molecular complexity index is 490. The lowest BCUT2D eigenvalue weighted by atomic mass is 10.1. The SMILES string of the molecule is O=C(Cc1ccc(C(F)(F)F)cc1)N1CCOCC1CCl. The zero-order chi connectivity index (χ0) is 15.5. The van der Waals surface area contributed by atoms with Crippen LogP contribution in [0, 0.1) is 0 Å². The number of benzene rings is 1. The van der Waals surface area contributed by atoms with Crippen LogP contribution in [0.15, 0.2) is 24.3 Å². The van der Waals surface area contributed by atoms with Crippen LogP contribution in [-0.4, -0.2) is 42.5 Å². The van der Waals surface area contributed by atoms with E-state index in [1.165, 1.54) is 12.1 Å². The molecule has 1 unspecified atom stereocenters. The molecule has 1 aromatic carbocycles. The highest BCUT2D eigenvalue weighted by atomic mass is 35.5. The lowest BCUT2D eigenvalue weighted by Crippen LogP contribution is -2.50. The van der Waals surface area contributed by atoms with Crippen molar-refractivity contribution in [3.63, 3.8) is 0 Å². The number of hydrogen-bond acceptors (Lipinski definition) is 2. The number of amides is 1. The molecule has 3 nitrogen and oxygen atoms in total. The second kappa shape index (κ2) is 6.66. The van der Waals surface area contributed by atoms with E-state index < -0.39 is 11.7 Å². The Morgan fingerprint density at radius 2 is 2.00 bits per heavy atom. The molecule has 0 bridgehead atoms. The second-order valence-corrected chi connectivity index (χ2v) is 5.15. The zero-order valence-electron chi connectivity index (χ0n) is 11.2. The topological polar surface area (TPSA) is 29.5 Å². The molecular formula is C14H15ClF3NO2. The van der Waals surface area contributed by atoms with E-state index in [0.29, 0.717) is 25.3 Å². The van der Waals surface area contributed by atoms with Gasteiger partial charge in [-0.3, -0.25) is 4.79 Å². The normalized spacial score (nSPS) is 19.6. The summed E-state index contributed by atoms with van der Waals surface area (Å²) in [5.74, 6) is 0.127. The van der Waals surface area contributed by atoms with Crippen LogP contribution in [0.3, 0.4) is 0 Å². The Balaban J connectivity index is 2.02. The van der Waals surface area contributed by atoms with Gasteiger partial charge < -0.3 is 9.64 Å². The fourth-order valence-corrected chi connectivity index (χ4v) is 2.45. The van der Waals surface area contributed by atoms with E-state index >= 15 is 0 Å². The molecule has 1 aromatic rings. The van der Waals surface area contributed by atoms with Crippen molar-refractivity contribution in [2.45, 2.75) is 18.6 Å². The number of morpholine rings is 1. The van der Waals surface area contributed by atoms with Crippen LogP contribution in [0.25, 0.3) is 0 Å². The molecule has 1 amide bonds. The highest BCUT2D eigenvalue weighted by Crippen LogP contribution is 2.29. The third-order valence-electron chi connectivity index (χ3n) is 3.36. The molecule has 2 rings (SSSR count). The first-order valence-electron chi connectivity index (χ1n) is 6.51. The van der Waals surface area contributed by atoms with Crippen LogP contribution < -0.4 is 0 Å². The molecule has 1 fully saturated rings. The summed E-state index contributed by atoms with van der Waals surface area (Å²) >= 11 is 5.79. The predicted molar refractivity (Wildman–Crippen MR) is 72.2 cm³/mol. The number of halogens is 4. The van der Waals surface area contributed by atoms with Gasteiger partial charge in [0.1, 0.15) is 0 Å². The van der Waals surface area contributed by atoms with Crippen molar-refractivity contribution in [3.05, 3.63) is 35.4 Å². The van der Waals surface area contributed by atoms with E-state index in [0.717, 1.165) is 12.1 Å². The first kappa shape index (κ1) is 16.1. The highest BCUT2D eigenvalue weighted by Gasteiger charge is 2.30. The minimum atomic E-state index is -4.36. The zero-order valence-corrected chi connectivity index (χ0v) is 12.0. The maximum Gasteiger partial charge on any atom is 0.416 e. The fourth-order valence-electron chi connectivity index (χ4n) is 2.20. The van der Waals surface area contributed by atoms with Gasteiger partial charge in [0.15, 0.2) is 0 Å². The van der Waals surface area contributed by atoms with Gasteiger partial charge in [-0.15, -0.1) is 11.6 Å². The number of hydrogen-bond donors (Lipinski definition) is 0. The molecule has 7 heteroatoms. The molecule has 1 saturated heterocycles. The van der Waals surface area contributed by atoms with Gasteiger partial charge in [0.25, 0.3) is 0 Å². The standard InChI is InChI=1S/C14H15ClF3NO2/c15-8-12-9-21-6-5-19(12)13(20)7-10-1-3-11(4-2-10)14(16,17)18/h1-4,12H,5-9H2. The number of carbonyl (C=O) groups excluding carboxylic acids is 1.